The van der Waals surface area contributed by atoms with E-state index in [0.29, 0.717) is 6.42 Å². The zero-order chi connectivity index (χ0) is 7.61. The van der Waals surface area contributed by atoms with Crippen molar-refractivity contribution in [3.05, 3.63) is 0 Å². The van der Waals surface area contributed by atoms with E-state index in [1.54, 1.807) is 0 Å². The molecule has 0 heterocycles. The van der Waals surface area contributed by atoms with Crippen LogP contribution in [0.5, 0.6) is 0 Å². The third-order valence-electron chi connectivity index (χ3n) is 2.42. The van der Waals surface area contributed by atoms with Gasteiger partial charge in [-0.15, -0.1) is 0 Å². The lowest BCUT2D eigenvalue weighted by Gasteiger charge is -2.25. The molecule has 1 aliphatic carbocycles. The van der Waals surface area contributed by atoms with Gasteiger partial charge in [0.1, 0.15) is 0 Å². The van der Waals surface area contributed by atoms with Crippen LogP contribution in [0.15, 0.2) is 0 Å². The van der Waals surface area contributed by atoms with Crippen molar-refractivity contribution < 1.29 is 10.2 Å². The molecule has 1 aliphatic rings. The van der Waals surface area contributed by atoms with Gasteiger partial charge in [-0.2, -0.15) is 0 Å². The second-order valence-corrected chi connectivity index (χ2v) is 3.09. The SMILES string of the molecule is CNC1(CO)CCC(O)C1. The van der Waals surface area contributed by atoms with Crippen molar-refractivity contribution in [3.8, 4) is 0 Å². The third kappa shape index (κ3) is 1.31. The van der Waals surface area contributed by atoms with E-state index in [-0.39, 0.29) is 18.2 Å². The van der Waals surface area contributed by atoms with Gasteiger partial charge in [-0.25, -0.2) is 0 Å². The van der Waals surface area contributed by atoms with Crippen molar-refractivity contribution in [2.75, 3.05) is 13.7 Å². The lowest BCUT2D eigenvalue weighted by Crippen LogP contribution is -2.44. The summed E-state index contributed by atoms with van der Waals surface area (Å²) in [5, 5.41) is 21.2. The van der Waals surface area contributed by atoms with Gasteiger partial charge in [-0.05, 0) is 26.3 Å². The predicted octanol–water partition coefficient (Wildman–Crippen LogP) is -0.518. The van der Waals surface area contributed by atoms with Crippen LogP contribution in [0.1, 0.15) is 19.3 Å². The number of aliphatic hydroxyl groups is 2. The van der Waals surface area contributed by atoms with Crippen LogP contribution < -0.4 is 5.32 Å². The largest absolute Gasteiger partial charge is 0.394 e. The molecule has 2 atom stereocenters. The molecule has 0 bridgehead atoms. The molecule has 10 heavy (non-hydrogen) atoms. The Kier molecular flexibility index (Phi) is 2.28. The Bertz CT molecular complexity index is 112. The average molecular weight is 145 g/mol. The summed E-state index contributed by atoms with van der Waals surface area (Å²) in [6, 6.07) is 0. The number of nitrogens with one attached hydrogen (secondary N) is 1. The van der Waals surface area contributed by atoms with Crippen molar-refractivity contribution in [3.63, 3.8) is 0 Å². The molecule has 0 aromatic carbocycles. The highest BCUT2D eigenvalue weighted by molar-refractivity contribution is 4.94. The van der Waals surface area contributed by atoms with Gasteiger partial charge >= 0.3 is 0 Å². The van der Waals surface area contributed by atoms with Crippen molar-refractivity contribution in [2.45, 2.75) is 30.9 Å². The minimum atomic E-state index is -0.223. The van der Waals surface area contributed by atoms with Crippen molar-refractivity contribution in [2.24, 2.45) is 0 Å². The molecule has 0 spiro atoms. The molecule has 0 amide bonds. The predicted molar refractivity (Wildman–Crippen MR) is 38.7 cm³/mol. The smallest absolute Gasteiger partial charge is 0.0614 e. The first-order valence-electron chi connectivity index (χ1n) is 3.70. The quantitative estimate of drug-likeness (QED) is 0.490. The van der Waals surface area contributed by atoms with Gasteiger partial charge in [0, 0.05) is 5.54 Å². The summed E-state index contributed by atoms with van der Waals surface area (Å²) in [7, 11) is 1.83. The highest BCUT2D eigenvalue weighted by Crippen LogP contribution is 2.28. The molecule has 2 unspecified atom stereocenters. The minimum Gasteiger partial charge on any atom is -0.394 e. The summed E-state index contributed by atoms with van der Waals surface area (Å²) in [6.45, 7) is 0.126. The molecule has 1 saturated carbocycles. The topological polar surface area (TPSA) is 52.5 Å². The summed E-state index contributed by atoms with van der Waals surface area (Å²) in [5.41, 5.74) is -0.195. The summed E-state index contributed by atoms with van der Waals surface area (Å²) in [6.07, 6.45) is 2.14. The molecule has 1 rings (SSSR count). The first kappa shape index (κ1) is 7.98. The molecular formula is C7H15NO2. The number of hydrogen-bond donors (Lipinski definition) is 3. The van der Waals surface area contributed by atoms with Gasteiger partial charge in [0.05, 0.1) is 12.7 Å². The number of aliphatic hydroxyl groups excluding tert-OH is 2. The van der Waals surface area contributed by atoms with E-state index >= 15 is 0 Å². The molecule has 3 nitrogen and oxygen atoms in total. The molecule has 3 N–H and O–H groups in total. The van der Waals surface area contributed by atoms with Crippen molar-refractivity contribution >= 4 is 0 Å². The second-order valence-electron chi connectivity index (χ2n) is 3.09. The van der Waals surface area contributed by atoms with Crippen LogP contribution in [0.25, 0.3) is 0 Å². The van der Waals surface area contributed by atoms with E-state index in [1.165, 1.54) is 0 Å². The van der Waals surface area contributed by atoms with E-state index in [2.05, 4.69) is 5.32 Å². The maximum absolute atomic E-state index is 9.18. The van der Waals surface area contributed by atoms with Gasteiger partial charge < -0.3 is 15.5 Å². The normalized spacial score (nSPS) is 40.5. The van der Waals surface area contributed by atoms with Gasteiger partial charge in [0.2, 0.25) is 0 Å². The molecule has 1 fully saturated rings. The Morgan fingerprint density at radius 2 is 2.40 bits per heavy atom. The van der Waals surface area contributed by atoms with E-state index < -0.39 is 0 Å². The van der Waals surface area contributed by atoms with E-state index in [9.17, 15) is 5.11 Å². The zero-order valence-corrected chi connectivity index (χ0v) is 6.30. The molecule has 3 heteroatoms. The Hall–Kier alpha value is -0.120. The van der Waals surface area contributed by atoms with Gasteiger partial charge in [0.15, 0.2) is 0 Å². The fourth-order valence-electron chi connectivity index (χ4n) is 1.55. The van der Waals surface area contributed by atoms with Gasteiger partial charge in [-0.1, -0.05) is 0 Å². The van der Waals surface area contributed by atoms with Crippen molar-refractivity contribution in [1.29, 1.82) is 0 Å². The van der Waals surface area contributed by atoms with E-state index in [4.69, 9.17) is 5.11 Å². The van der Waals surface area contributed by atoms with Crippen LogP contribution in [-0.2, 0) is 0 Å². The standard InChI is InChI=1S/C7H15NO2/c1-8-7(5-9)3-2-6(10)4-7/h6,8-10H,2-5H2,1H3. The van der Waals surface area contributed by atoms with E-state index in [0.717, 1.165) is 12.8 Å². The average Bonchev–Trinajstić information content (AvgIpc) is 2.33. The van der Waals surface area contributed by atoms with Crippen LogP contribution in [0, 0.1) is 0 Å². The molecule has 0 aliphatic heterocycles. The first-order valence-corrected chi connectivity index (χ1v) is 3.70. The molecule has 0 radical (unpaired) electrons. The van der Waals surface area contributed by atoms with Gasteiger partial charge in [-0.3, -0.25) is 0 Å². The zero-order valence-electron chi connectivity index (χ0n) is 6.30. The van der Waals surface area contributed by atoms with Crippen LogP contribution >= 0.6 is 0 Å². The lowest BCUT2D eigenvalue weighted by atomic mass is 9.99. The maximum Gasteiger partial charge on any atom is 0.0614 e. The summed E-state index contributed by atoms with van der Waals surface area (Å²) >= 11 is 0. The van der Waals surface area contributed by atoms with Crippen LogP contribution in [0.4, 0.5) is 0 Å². The molecule has 0 aromatic rings. The molecule has 0 aromatic heterocycles. The summed E-state index contributed by atoms with van der Waals surface area (Å²) in [5.74, 6) is 0. The Morgan fingerprint density at radius 3 is 2.60 bits per heavy atom. The highest BCUT2D eigenvalue weighted by atomic mass is 16.3. The lowest BCUT2D eigenvalue weighted by molar-refractivity contribution is 0.135. The summed E-state index contributed by atoms with van der Waals surface area (Å²) in [4.78, 5) is 0. The monoisotopic (exact) mass is 145 g/mol. The molecule has 60 valence electrons. The number of rotatable bonds is 2. The van der Waals surface area contributed by atoms with Crippen LogP contribution in [0.3, 0.4) is 0 Å². The van der Waals surface area contributed by atoms with Crippen molar-refractivity contribution in [1.82, 2.24) is 5.32 Å². The Balaban J connectivity index is 2.51. The highest BCUT2D eigenvalue weighted by Gasteiger charge is 2.36. The third-order valence-corrected chi connectivity index (χ3v) is 2.42. The number of hydrogen-bond acceptors (Lipinski definition) is 3. The fraction of sp³-hybridized carbons (Fsp3) is 1.00. The van der Waals surface area contributed by atoms with E-state index in [1.807, 2.05) is 7.05 Å². The Morgan fingerprint density at radius 1 is 1.70 bits per heavy atom. The Labute approximate surface area is 61.1 Å². The van der Waals surface area contributed by atoms with Crippen LogP contribution in [0.2, 0.25) is 0 Å². The van der Waals surface area contributed by atoms with Crippen LogP contribution in [-0.4, -0.2) is 35.5 Å². The van der Waals surface area contributed by atoms with Gasteiger partial charge in [0.25, 0.3) is 0 Å². The molecule has 0 saturated heterocycles. The second kappa shape index (κ2) is 2.86. The minimum absolute atomic E-state index is 0.126. The maximum atomic E-state index is 9.18. The fourth-order valence-corrected chi connectivity index (χ4v) is 1.55. The summed E-state index contributed by atoms with van der Waals surface area (Å²) < 4.78 is 0. The first-order chi connectivity index (χ1) is 4.72. The molecular weight excluding hydrogens is 130 g/mol. The number of likely N-dealkylation sites (N-methyl/N-ethyl adjacent to an activating group) is 1.